The maximum atomic E-state index is 12.7. The SMILES string of the molecule is CCN(CC)c1ccc(NC=S)c(C)c1.CNC1/N=C(/c2cnc(OC)nc2OC)c2cc(Cl)ccc2CN(C)C1=O. The lowest BCUT2D eigenvalue weighted by molar-refractivity contribution is -0.132. The highest BCUT2D eigenvalue weighted by atomic mass is 35.5. The second-order valence-electron chi connectivity index (χ2n) is 9.38. The molecule has 1 aromatic heterocycles. The molecule has 0 saturated carbocycles. The molecule has 1 amide bonds. The van der Waals surface area contributed by atoms with Gasteiger partial charge in [0.1, 0.15) is 0 Å². The summed E-state index contributed by atoms with van der Waals surface area (Å²) in [6.07, 6.45) is 0.806. The first-order chi connectivity index (χ1) is 20.2. The number of hydrogen-bond donors (Lipinski definition) is 2. The van der Waals surface area contributed by atoms with Gasteiger partial charge < -0.3 is 24.6 Å². The van der Waals surface area contributed by atoms with Gasteiger partial charge in [-0.15, -0.1) is 0 Å². The molecule has 0 spiro atoms. The first-order valence-corrected chi connectivity index (χ1v) is 14.4. The van der Waals surface area contributed by atoms with E-state index in [4.69, 9.17) is 33.3 Å². The van der Waals surface area contributed by atoms with Crippen molar-refractivity contribution in [1.82, 2.24) is 20.2 Å². The van der Waals surface area contributed by atoms with Crippen LogP contribution in [0.2, 0.25) is 5.02 Å². The number of carbonyl (C=O) groups excluding carboxylic acids is 1. The number of halogens is 1. The van der Waals surface area contributed by atoms with Gasteiger partial charge in [-0.2, -0.15) is 4.98 Å². The zero-order chi connectivity index (χ0) is 30.8. The van der Waals surface area contributed by atoms with Crippen LogP contribution in [0.3, 0.4) is 0 Å². The molecule has 0 fully saturated rings. The van der Waals surface area contributed by atoms with Gasteiger partial charge in [-0.25, -0.2) is 4.98 Å². The van der Waals surface area contributed by atoms with Gasteiger partial charge in [0.15, 0.2) is 6.17 Å². The molecule has 2 heterocycles. The Balaban J connectivity index is 0.000000274. The van der Waals surface area contributed by atoms with E-state index in [1.165, 1.54) is 25.5 Å². The number of likely N-dealkylation sites (N-methyl/N-ethyl adjacent to an activating group) is 2. The molecule has 4 rings (SSSR count). The molecule has 0 bridgehead atoms. The minimum absolute atomic E-state index is 0.149. The van der Waals surface area contributed by atoms with Crippen molar-refractivity contribution < 1.29 is 14.3 Å². The van der Waals surface area contributed by atoms with E-state index in [-0.39, 0.29) is 11.9 Å². The van der Waals surface area contributed by atoms with E-state index in [0.29, 0.717) is 28.7 Å². The van der Waals surface area contributed by atoms with Crippen molar-refractivity contribution in [2.24, 2.45) is 4.99 Å². The molecule has 1 unspecified atom stereocenters. The number of benzene rings is 2. The van der Waals surface area contributed by atoms with E-state index in [1.54, 1.807) is 36.7 Å². The molecule has 1 atom stereocenters. The Morgan fingerprint density at radius 1 is 1.14 bits per heavy atom. The zero-order valence-corrected chi connectivity index (χ0v) is 26.6. The first-order valence-electron chi connectivity index (χ1n) is 13.5. The van der Waals surface area contributed by atoms with Crippen molar-refractivity contribution in [3.63, 3.8) is 0 Å². The maximum Gasteiger partial charge on any atom is 0.319 e. The fourth-order valence-corrected chi connectivity index (χ4v) is 4.83. The Labute approximate surface area is 258 Å². The predicted molar refractivity (Wildman–Crippen MR) is 174 cm³/mol. The molecule has 0 radical (unpaired) electrons. The molecule has 3 aromatic rings. The Bertz CT molecular complexity index is 1430. The summed E-state index contributed by atoms with van der Waals surface area (Å²) in [6, 6.07) is 12.0. The third-order valence-electron chi connectivity index (χ3n) is 6.79. The van der Waals surface area contributed by atoms with Crippen LogP contribution in [0.15, 0.2) is 47.6 Å². The maximum absolute atomic E-state index is 12.7. The third kappa shape index (κ3) is 7.72. The number of hydrogen-bond acceptors (Lipinski definition) is 9. The summed E-state index contributed by atoms with van der Waals surface area (Å²) >= 11 is 11.0. The van der Waals surface area contributed by atoms with Crippen molar-refractivity contribution in [3.8, 4) is 11.9 Å². The number of aryl methyl sites for hydroxylation is 1. The Morgan fingerprint density at radius 3 is 2.48 bits per heavy atom. The largest absolute Gasteiger partial charge is 0.480 e. The van der Waals surface area contributed by atoms with Crippen LogP contribution in [-0.4, -0.2) is 79.5 Å². The van der Waals surface area contributed by atoms with E-state index in [9.17, 15) is 4.79 Å². The van der Waals surface area contributed by atoms with E-state index in [1.807, 2.05) is 12.1 Å². The fraction of sp³-hybridized carbons (Fsp3) is 0.367. The van der Waals surface area contributed by atoms with Gasteiger partial charge in [0, 0.05) is 54.8 Å². The van der Waals surface area contributed by atoms with Crippen molar-refractivity contribution in [1.29, 1.82) is 0 Å². The number of fused-ring (bicyclic) bond motifs is 1. The zero-order valence-electron chi connectivity index (χ0n) is 25.1. The third-order valence-corrected chi connectivity index (χ3v) is 7.15. The quantitative estimate of drug-likeness (QED) is 0.333. The van der Waals surface area contributed by atoms with Gasteiger partial charge >= 0.3 is 6.01 Å². The molecule has 2 aromatic carbocycles. The van der Waals surface area contributed by atoms with Gasteiger partial charge in [-0.05, 0) is 69.3 Å². The number of nitrogens with one attached hydrogen (secondary N) is 2. The summed E-state index contributed by atoms with van der Waals surface area (Å²) < 4.78 is 10.5. The molecule has 42 heavy (non-hydrogen) atoms. The highest BCUT2D eigenvalue weighted by molar-refractivity contribution is 7.79. The van der Waals surface area contributed by atoms with Crippen LogP contribution < -0.4 is 25.0 Å². The van der Waals surface area contributed by atoms with Crippen LogP contribution in [0.25, 0.3) is 0 Å². The predicted octanol–water partition coefficient (Wildman–Crippen LogP) is 4.71. The summed E-state index contributed by atoms with van der Waals surface area (Å²) in [5, 5.41) is 6.55. The van der Waals surface area contributed by atoms with Crippen LogP contribution in [0.4, 0.5) is 11.4 Å². The summed E-state index contributed by atoms with van der Waals surface area (Å²) in [6.45, 7) is 8.92. The number of anilines is 2. The number of rotatable bonds is 9. The van der Waals surface area contributed by atoms with Gasteiger partial charge in [0.05, 0.1) is 31.0 Å². The second kappa shape index (κ2) is 15.4. The molecule has 12 heteroatoms. The topological polar surface area (TPSA) is 104 Å². The minimum atomic E-state index is -0.760. The number of carbonyl (C=O) groups is 1. The normalized spacial score (nSPS) is 15.6. The number of nitrogens with zero attached hydrogens (tertiary/aromatic N) is 5. The Morgan fingerprint density at radius 2 is 1.88 bits per heavy atom. The van der Waals surface area contributed by atoms with Crippen LogP contribution in [0.1, 0.15) is 36.1 Å². The van der Waals surface area contributed by atoms with Gasteiger partial charge in [-0.1, -0.05) is 29.9 Å². The molecule has 0 saturated heterocycles. The van der Waals surface area contributed by atoms with Crippen molar-refractivity contribution in [3.05, 3.63) is 69.9 Å². The molecule has 2 N–H and O–H groups in total. The minimum Gasteiger partial charge on any atom is -0.480 e. The van der Waals surface area contributed by atoms with E-state index in [2.05, 4.69) is 69.5 Å². The standard InChI is InChI=1S/C18H20ClN5O3.C12H18N2S/c1-20-15-17(25)24(2)9-10-5-6-11(19)7-12(10)14(22-15)13-8-21-18(27-4)23-16(13)26-3;1-4-14(5-2)11-6-7-12(13-9-15)10(3)8-11/h5-8,15,20H,9H2,1-4H3;6-9H,4-5H2,1-3H3,(H,13,15)/b22-14+;. The van der Waals surface area contributed by atoms with Crippen molar-refractivity contribution in [2.75, 3.05) is 51.6 Å². The highest BCUT2D eigenvalue weighted by Crippen LogP contribution is 2.28. The molecular weight excluding hydrogens is 574 g/mol. The van der Waals surface area contributed by atoms with Crippen molar-refractivity contribution >= 4 is 52.3 Å². The molecule has 224 valence electrons. The number of amides is 1. The molecule has 0 aliphatic carbocycles. The van der Waals surface area contributed by atoms with E-state index in [0.717, 1.165) is 29.9 Å². The van der Waals surface area contributed by atoms with Crippen LogP contribution in [0, 0.1) is 6.92 Å². The summed E-state index contributed by atoms with van der Waals surface area (Å²) in [7, 11) is 6.40. The summed E-state index contributed by atoms with van der Waals surface area (Å²) in [5.41, 5.74) is 7.87. The number of aromatic nitrogens is 2. The number of ether oxygens (including phenoxy) is 2. The lowest BCUT2D eigenvalue weighted by Gasteiger charge is -2.27. The first kappa shape index (κ1) is 32.7. The summed E-state index contributed by atoms with van der Waals surface area (Å²) in [4.78, 5) is 29.7. The van der Waals surface area contributed by atoms with Gasteiger partial charge in [0.25, 0.3) is 5.91 Å². The highest BCUT2D eigenvalue weighted by Gasteiger charge is 2.28. The molecule has 1 aliphatic heterocycles. The van der Waals surface area contributed by atoms with Crippen LogP contribution >= 0.6 is 23.8 Å². The monoisotopic (exact) mass is 611 g/mol. The Kier molecular flexibility index (Phi) is 12.0. The van der Waals surface area contributed by atoms with Gasteiger partial charge in [-0.3, -0.25) is 15.1 Å². The van der Waals surface area contributed by atoms with E-state index < -0.39 is 6.17 Å². The Hall–Kier alpha value is -3.80. The molecule has 10 nitrogen and oxygen atoms in total. The lowest BCUT2D eigenvalue weighted by Crippen LogP contribution is -2.44. The smallest absolute Gasteiger partial charge is 0.319 e. The van der Waals surface area contributed by atoms with Crippen molar-refractivity contribution in [2.45, 2.75) is 33.5 Å². The second-order valence-corrected chi connectivity index (χ2v) is 10.1. The number of aliphatic imine (C=N–C) groups is 1. The average Bonchev–Trinajstić information content (AvgIpc) is 3.00. The number of thiocarbonyl (C=S) groups is 1. The average molecular weight is 612 g/mol. The van der Waals surface area contributed by atoms with Gasteiger partial charge in [0.2, 0.25) is 5.88 Å². The van der Waals surface area contributed by atoms with Crippen LogP contribution in [-0.2, 0) is 11.3 Å². The fourth-order valence-electron chi connectivity index (χ4n) is 4.53. The number of methoxy groups -OCH3 is 2. The van der Waals surface area contributed by atoms with Crippen LogP contribution in [0.5, 0.6) is 11.9 Å². The summed E-state index contributed by atoms with van der Waals surface area (Å²) in [5.74, 6) is 0.145. The lowest BCUT2D eigenvalue weighted by atomic mass is 9.97. The van der Waals surface area contributed by atoms with E-state index >= 15 is 0 Å². The molecular formula is C30H38ClN7O3S. The molecule has 1 aliphatic rings.